The fraction of sp³-hybridized carbons (Fsp3) is 0.375. The van der Waals surface area contributed by atoms with Crippen LogP contribution >= 0.6 is 0 Å². The lowest BCUT2D eigenvalue weighted by Crippen LogP contribution is -2.29. The van der Waals surface area contributed by atoms with E-state index in [4.69, 9.17) is 5.73 Å². The van der Waals surface area contributed by atoms with Crippen molar-refractivity contribution in [3.05, 3.63) is 24.0 Å². The van der Waals surface area contributed by atoms with E-state index in [1.165, 1.54) is 0 Å². The molecule has 0 saturated carbocycles. The maximum absolute atomic E-state index is 10.7. The topological polar surface area (TPSA) is 60.0 Å². The van der Waals surface area contributed by atoms with Crippen LogP contribution in [0.5, 0.6) is 0 Å². The average Bonchev–Trinajstić information content (AvgIpc) is 2.47. The Hall–Kier alpha value is -1.29. The predicted molar refractivity (Wildman–Crippen MR) is 46.3 cm³/mol. The molecule has 1 heterocycles. The van der Waals surface area contributed by atoms with Gasteiger partial charge in [0.25, 0.3) is 0 Å². The molecule has 1 aromatic rings. The fourth-order valence-electron chi connectivity index (χ4n) is 0.938. The fourth-order valence-corrected chi connectivity index (χ4v) is 0.938. The van der Waals surface area contributed by atoms with Crippen molar-refractivity contribution in [2.75, 3.05) is 6.54 Å². The zero-order valence-corrected chi connectivity index (χ0v) is 7.08. The quantitative estimate of drug-likeness (QED) is 0.643. The molecule has 4 heteroatoms. The number of carbonyl (C=O) groups excluding carboxylic acids is 1. The third-order valence-electron chi connectivity index (χ3n) is 1.57. The zero-order valence-electron chi connectivity index (χ0n) is 7.08. The molecule has 0 radical (unpaired) electrons. The average molecular weight is 167 g/mol. The summed E-state index contributed by atoms with van der Waals surface area (Å²) in [6.07, 6.45) is 3.89. The van der Waals surface area contributed by atoms with Gasteiger partial charge >= 0.3 is 0 Å². The van der Waals surface area contributed by atoms with E-state index in [-0.39, 0.29) is 12.5 Å². The molecule has 0 aliphatic rings. The molecule has 0 fully saturated rings. The SMILES string of the molecule is Cn1ccc(CNC(=O)CN)c1. The van der Waals surface area contributed by atoms with Gasteiger partial charge in [0, 0.05) is 26.0 Å². The van der Waals surface area contributed by atoms with Crippen LogP contribution in [0, 0.1) is 0 Å². The molecule has 1 amide bonds. The van der Waals surface area contributed by atoms with Crippen molar-refractivity contribution >= 4 is 5.91 Å². The summed E-state index contributed by atoms with van der Waals surface area (Å²) in [5.74, 6) is -0.126. The summed E-state index contributed by atoms with van der Waals surface area (Å²) in [5.41, 5.74) is 6.21. The minimum atomic E-state index is -0.126. The standard InChI is InChI=1S/C8H13N3O/c1-11-3-2-7(6-11)5-10-8(12)4-9/h2-3,6H,4-5,9H2,1H3,(H,10,12). The van der Waals surface area contributed by atoms with Crippen LogP contribution in [-0.2, 0) is 18.4 Å². The highest BCUT2D eigenvalue weighted by atomic mass is 16.1. The summed E-state index contributed by atoms with van der Waals surface area (Å²) in [6, 6.07) is 1.96. The molecule has 0 spiro atoms. The summed E-state index contributed by atoms with van der Waals surface area (Å²) < 4.78 is 1.93. The summed E-state index contributed by atoms with van der Waals surface area (Å²) in [4.78, 5) is 10.7. The summed E-state index contributed by atoms with van der Waals surface area (Å²) in [6.45, 7) is 0.601. The molecule has 0 aliphatic carbocycles. The monoisotopic (exact) mass is 167 g/mol. The van der Waals surface area contributed by atoms with E-state index >= 15 is 0 Å². The molecule has 66 valence electrons. The number of hydrogen-bond acceptors (Lipinski definition) is 2. The lowest BCUT2D eigenvalue weighted by molar-refractivity contribution is -0.119. The molecular formula is C8H13N3O. The second-order valence-corrected chi connectivity index (χ2v) is 2.67. The van der Waals surface area contributed by atoms with Crippen molar-refractivity contribution in [1.82, 2.24) is 9.88 Å². The van der Waals surface area contributed by atoms with Gasteiger partial charge in [-0.1, -0.05) is 0 Å². The van der Waals surface area contributed by atoms with Gasteiger partial charge in [0.05, 0.1) is 6.54 Å². The first-order valence-electron chi connectivity index (χ1n) is 3.80. The number of hydrogen-bond donors (Lipinski definition) is 2. The maximum atomic E-state index is 10.7. The van der Waals surface area contributed by atoms with Crippen molar-refractivity contribution < 1.29 is 4.79 Å². The van der Waals surface area contributed by atoms with Gasteiger partial charge in [0.2, 0.25) is 5.91 Å². The number of nitrogens with zero attached hydrogens (tertiary/aromatic N) is 1. The first kappa shape index (κ1) is 8.80. The third-order valence-corrected chi connectivity index (χ3v) is 1.57. The minimum Gasteiger partial charge on any atom is -0.357 e. The van der Waals surface area contributed by atoms with E-state index in [1.807, 2.05) is 30.1 Å². The number of aromatic nitrogens is 1. The number of nitrogens with two attached hydrogens (primary N) is 1. The Bertz CT molecular complexity index is 267. The molecule has 0 unspecified atom stereocenters. The van der Waals surface area contributed by atoms with E-state index in [0.717, 1.165) is 5.56 Å². The zero-order chi connectivity index (χ0) is 8.97. The first-order valence-corrected chi connectivity index (χ1v) is 3.80. The summed E-state index contributed by atoms with van der Waals surface area (Å²) >= 11 is 0. The van der Waals surface area contributed by atoms with Crippen molar-refractivity contribution in [3.8, 4) is 0 Å². The van der Waals surface area contributed by atoms with Crippen LogP contribution in [0.4, 0.5) is 0 Å². The second kappa shape index (κ2) is 3.92. The predicted octanol–water partition coefficient (Wildman–Crippen LogP) is -0.400. The molecule has 1 aromatic heterocycles. The van der Waals surface area contributed by atoms with Crippen LogP contribution in [-0.4, -0.2) is 17.0 Å². The lowest BCUT2D eigenvalue weighted by atomic mass is 10.3. The number of rotatable bonds is 3. The highest BCUT2D eigenvalue weighted by molar-refractivity contribution is 5.77. The number of aryl methyl sites for hydroxylation is 1. The molecular weight excluding hydrogens is 154 g/mol. The molecule has 4 nitrogen and oxygen atoms in total. The Balaban J connectivity index is 2.38. The summed E-state index contributed by atoms with van der Waals surface area (Å²) in [5, 5.41) is 2.68. The van der Waals surface area contributed by atoms with Crippen molar-refractivity contribution in [1.29, 1.82) is 0 Å². The maximum Gasteiger partial charge on any atom is 0.234 e. The van der Waals surface area contributed by atoms with Gasteiger partial charge in [-0.2, -0.15) is 0 Å². The number of nitrogens with one attached hydrogen (secondary N) is 1. The van der Waals surface area contributed by atoms with Crippen molar-refractivity contribution in [3.63, 3.8) is 0 Å². The van der Waals surface area contributed by atoms with Gasteiger partial charge in [-0.25, -0.2) is 0 Å². The lowest BCUT2D eigenvalue weighted by Gasteiger charge is -1.99. The molecule has 0 atom stereocenters. The Kier molecular flexibility index (Phi) is 2.88. The molecule has 0 bridgehead atoms. The third kappa shape index (κ3) is 2.39. The van der Waals surface area contributed by atoms with Crippen molar-refractivity contribution in [2.45, 2.75) is 6.54 Å². The van der Waals surface area contributed by atoms with Gasteiger partial charge in [0.15, 0.2) is 0 Å². The number of carbonyl (C=O) groups is 1. The van der Waals surface area contributed by atoms with E-state index in [9.17, 15) is 4.79 Å². The van der Waals surface area contributed by atoms with E-state index in [0.29, 0.717) is 6.54 Å². The molecule has 12 heavy (non-hydrogen) atoms. The molecule has 0 saturated heterocycles. The smallest absolute Gasteiger partial charge is 0.234 e. The highest BCUT2D eigenvalue weighted by Gasteiger charge is 1.97. The minimum absolute atomic E-state index is 0.0484. The van der Waals surface area contributed by atoms with E-state index in [2.05, 4.69) is 5.32 Å². The Morgan fingerprint density at radius 2 is 2.50 bits per heavy atom. The van der Waals surface area contributed by atoms with Gasteiger partial charge in [-0.05, 0) is 11.6 Å². The van der Waals surface area contributed by atoms with Crippen LogP contribution in [0.25, 0.3) is 0 Å². The van der Waals surface area contributed by atoms with Crippen LogP contribution in [0.1, 0.15) is 5.56 Å². The van der Waals surface area contributed by atoms with Crippen LogP contribution in [0.15, 0.2) is 18.5 Å². The van der Waals surface area contributed by atoms with E-state index < -0.39 is 0 Å². The highest BCUT2D eigenvalue weighted by Crippen LogP contribution is 1.97. The first-order chi connectivity index (χ1) is 5.72. The largest absolute Gasteiger partial charge is 0.357 e. The van der Waals surface area contributed by atoms with Crippen LogP contribution in [0.2, 0.25) is 0 Å². The molecule has 0 aromatic carbocycles. The second-order valence-electron chi connectivity index (χ2n) is 2.67. The molecule has 3 N–H and O–H groups in total. The normalized spacial score (nSPS) is 9.83. The molecule has 1 rings (SSSR count). The Morgan fingerprint density at radius 1 is 1.75 bits per heavy atom. The van der Waals surface area contributed by atoms with Gasteiger partial charge in [-0.15, -0.1) is 0 Å². The van der Waals surface area contributed by atoms with Crippen LogP contribution in [0.3, 0.4) is 0 Å². The van der Waals surface area contributed by atoms with Crippen molar-refractivity contribution in [2.24, 2.45) is 12.8 Å². The molecule has 0 aliphatic heterocycles. The van der Waals surface area contributed by atoms with Crippen LogP contribution < -0.4 is 11.1 Å². The van der Waals surface area contributed by atoms with E-state index in [1.54, 1.807) is 0 Å². The number of amides is 1. The summed E-state index contributed by atoms with van der Waals surface area (Å²) in [7, 11) is 1.94. The Labute approximate surface area is 71.4 Å². The van der Waals surface area contributed by atoms with Gasteiger partial charge < -0.3 is 15.6 Å². The van der Waals surface area contributed by atoms with Gasteiger partial charge in [-0.3, -0.25) is 4.79 Å². The van der Waals surface area contributed by atoms with Gasteiger partial charge in [0.1, 0.15) is 0 Å². The Morgan fingerprint density at radius 3 is 3.00 bits per heavy atom.